The highest BCUT2D eigenvalue weighted by Crippen LogP contribution is 2.16. The summed E-state index contributed by atoms with van der Waals surface area (Å²) in [5.74, 6) is 0.624. The van der Waals surface area contributed by atoms with Crippen molar-refractivity contribution in [3.05, 3.63) is 65.5 Å². The van der Waals surface area contributed by atoms with Crippen LogP contribution in [0.3, 0.4) is 0 Å². The molecule has 2 rings (SSSR count). The Morgan fingerprint density at radius 3 is 2.56 bits per heavy atom. The number of benzene rings is 1. The van der Waals surface area contributed by atoms with Gasteiger partial charge in [-0.2, -0.15) is 0 Å². The number of Topliss-reactive ketones (excluding diaryl/α,β-unsaturated/α-hetero) is 1. The van der Waals surface area contributed by atoms with Crippen molar-refractivity contribution in [1.82, 2.24) is 4.98 Å². The molecule has 0 aliphatic carbocycles. The number of carbonyl (C=O) groups is 1. The van der Waals surface area contributed by atoms with E-state index in [1.807, 2.05) is 12.1 Å². The standard InChI is InChI=1S/C16H17NO/c1-12(2)15-5-3-4-13(10-15)11-16(18)14-6-8-17-9-7-14/h3-10,12H,11H2,1-2H3. The van der Waals surface area contributed by atoms with E-state index < -0.39 is 0 Å². The van der Waals surface area contributed by atoms with Gasteiger partial charge in [-0.05, 0) is 29.2 Å². The zero-order valence-corrected chi connectivity index (χ0v) is 10.8. The van der Waals surface area contributed by atoms with Crippen LogP contribution < -0.4 is 0 Å². The van der Waals surface area contributed by atoms with Crippen molar-refractivity contribution in [1.29, 1.82) is 0 Å². The zero-order valence-electron chi connectivity index (χ0n) is 10.8. The van der Waals surface area contributed by atoms with Crippen LogP contribution in [0.2, 0.25) is 0 Å². The van der Waals surface area contributed by atoms with Crippen molar-refractivity contribution in [3.8, 4) is 0 Å². The van der Waals surface area contributed by atoms with Crippen LogP contribution in [0.15, 0.2) is 48.8 Å². The van der Waals surface area contributed by atoms with Crippen LogP contribution in [0.4, 0.5) is 0 Å². The molecule has 0 unspecified atom stereocenters. The summed E-state index contributed by atoms with van der Waals surface area (Å²) in [6, 6.07) is 11.8. The van der Waals surface area contributed by atoms with Crippen molar-refractivity contribution >= 4 is 5.78 Å². The molecule has 1 aromatic heterocycles. The van der Waals surface area contributed by atoms with E-state index in [0.717, 1.165) is 11.1 Å². The Balaban J connectivity index is 2.15. The third-order valence-corrected chi connectivity index (χ3v) is 2.98. The molecule has 0 fully saturated rings. The van der Waals surface area contributed by atoms with Crippen LogP contribution in [-0.2, 0) is 6.42 Å². The van der Waals surface area contributed by atoms with Gasteiger partial charge in [-0.3, -0.25) is 9.78 Å². The second-order valence-electron chi connectivity index (χ2n) is 4.74. The predicted molar refractivity (Wildman–Crippen MR) is 72.8 cm³/mol. The first-order valence-corrected chi connectivity index (χ1v) is 6.19. The van der Waals surface area contributed by atoms with E-state index in [4.69, 9.17) is 0 Å². The van der Waals surface area contributed by atoms with E-state index in [1.165, 1.54) is 5.56 Å². The first-order valence-electron chi connectivity index (χ1n) is 6.19. The van der Waals surface area contributed by atoms with E-state index in [1.54, 1.807) is 24.5 Å². The van der Waals surface area contributed by atoms with E-state index in [-0.39, 0.29) is 5.78 Å². The van der Waals surface area contributed by atoms with Gasteiger partial charge < -0.3 is 0 Å². The largest absolute Gasteiger partial charge is 0.294 e. The number of aromatic nitrogens is 1. The Hall–Kier alpha value is -1.96. The summed E-state index contributed by atoms with van der Waals surface area (Å²) in [7, 11) is 0. The molecule has 0 saturated carbocycles. The van der Waals surface area contributed by atoms with Crippen LogP contribution in [0.25, 0.3) is 0 Å². The highest BCUT2D eigenvalue weighted by Gasteiger charge is 2.07. The first kappa shape index (κ1) is 12.5. The smallest absolute Gasteiger partial charge is 0.167 e. The fraction of sp³-hybridized carbons (Fsp3) is 0.250. The van der Waals surface area contributed by atoms with Gasteiger partial charge in [0.2, 0.25) is 0 Å². The number of pyridine rings is 1. The average Bonchev–Trinajstić information content (AvgIpc) is 2.40. The number of carbonyl (C=O) groups excluding carboxylic acids is 1. The molecule has 0 spiro atoms. The predicted octanol–water partition coefficient (Wildman–Crippen LogP) is 3.63. The summed E-state index contributed by atoms with van der Waals surface area (Å²) in [6.07, 6.45) is 3.75. The molecule has 92 valence electrons. The third kappa shape index (κ3) is 3.04. The minimum Gasteiger partial charge on any atom is -0.294 e. The molecule has 0 saturated heterocycles. The van der Waals surface area contributed by atoms with Gasteiger partial charge in [-0.15, -0.1) is 0 Å². The molecule has 1 heterocycles. The Kier molecular flexibility index (Phi) is 3.88. The number of hydrogen-bond acceptors (Lipinski definition) is 2. The summed E-state index contributed by atoms with van der Waals surface area (Å²) in [5, 5.41) is 0. The molecule has 2 heteroatoms. The summed E-state index contributed by atoms with van der Waals surface area (Å²) in [4.78, 5) is 16.0. The average molecular weight is 239 g/mol. The lowest BCUT2D eigenvalue weighted by atomic mass is 9.97. The van der Waals surface area contributed by atoms with Gasteiger partial charge in [0.05, 0.1) is 0 Å². The van der Waals surface area contributed by atoms with Crippen molar-refractivity contribution in [2.24, 2.45) is 0 Å². The third-order valence-electron chi connectivity index (χ3n) is 2.98. The molecule has 0 aliphatic rings. The zero-order chi connectivity index (χ0) is 13.0. The number of hydrogen-bond donors (Lipinski definition) is 0. The first-order chi connectivity index (χ1) is 8.66. The van der Waals surface area contributed by atoms with Crippen molar-refractivity contribution < 1.29 is 4.79 Å². The van der Waals surface area contributed by atoms with Gasteiger partial charge in [-0.1, -0.05) is 38.1 Å². The molecule has 2 aromatic rings. The fourth-order valence-corrected chi connectivity index (χ4v) is 1.89. The topological polar surface area (TPSA) is 30.0 Å². The summed E-state index contributed by atoms with van der Waals surface area (Å²) < 4.78 is 0. The minimum absolute atomic E-state index is 0.137. The van der Waals surface area contributed by atoms with Crippen molar-refractivity contribution in [2.45, 2.75) is 26.2 Å². The molecule has 18 heavy (non-hydrogen) atoms. The summed E-state index contributed by atoms with van der Waals surface area (Å²) in [6.45, 7) is 4.31. The van der Waals surface area contributed by atoms with Gasteiger partial charge in [0.25, 0.3) is 0 Å². The Morgan fingerprint density at radius 1 is 1.17 bits per heavy atom. The molecule has 0 amide bonds. The van der Waals surface area contributed by atoms with Crippen LogP contribution in [0, 0.1) is 0 Å². The Labute approximate surface area is 108 Å². The van der Waals surface area contributed by atoms with Gasteiger partial charge >= 0.3 is 0 Å². The van der Waals surface area contributed by atoms with E-state index in [2.05, 4.69) is 31.0 Å². The SMILES string of the molecule is CC(C)c1cccc(CC(=O)c2ccncc2)c1. The highest BCUT2D eigenvalue weighted by atomic mass is 16.1. The maximum absolute atomic E-state index is 12.1. The number of nitrogens with zero attached hydrogens (tertiary/aromatic N) is 1. The lowest BCUT2D eigenvalue weighted by Gasteiger charge is -2.07. The second-order valence-corrected chi connectivity index (χ2v) is 4.74. The van der Waals surface area contributed by atoms with Gasteiger partial charge in [0.1, 0.15) is 0 Å². The number of rotatable bonds is 4. The Morgan fingerprint density at radius 2 is 1.89 bits per heavy atom. The normalized spacial score (nSPS) is 10.6. The maximum Gasteiger partial charge on any atom is 0.167 e. The fourth-order valence-electron chi connectivity index (χ4n) is 1.89. The Bertz CT molecular complexity index is 532. The van der Waals surface area contributed by atoms with E-state index >= 15 is 0 Å². The molecule has 0 aliphatic heterocycles. The van der Waals surface area contributed by atoms with Crippen molar-refractivity contribution in [3.63, 3.8) is 0 Å². The molecule has 0 bridgehead atoms. The minimum atomic E-state index is 0.137. The molecule has 1 aromatic carbocycles. The van der Waals surface area contributed by atoms with Gasteiger partial charge in [0.15, 0.2) is 5.78 Å². The van der Waals surface area contributed by atoms with Crippen LogP contribution in [0.5, 0.6) is 0 Å². The van der Waals surface area contributed by atoms with E-state index in [9.17, 15) is 4.79 Å². The summed E-state index contributed by atoms with van der Waals surface area (Å²) >= 11 is 0. The molecule has 0 radical (unpaired) electrons. The molecule has 2 nitrogen and oxygen atoms in total. The van der Waals surface area contributed by atoms with Gasteiger partial charge in [0, 0.05) is 24.4 Å². The van der Waals surface area contributed by atoms with Crippen LogP contribution in [-0.4, -0.2) is 10.8 Å². The highest BCUT2D eigenvalue weighted by molar-refractivity contribution is 5.97. The maximum atomic E-state index is 12.1. The molecular weight excluding hydrogens is 222 g/mol. The molecule has 0 N–H and O–H groups in total. The molecule has 0 atom stereocenters. The van der Waals surface area contributed by atoms with Crippen LogP contribution >= 0.6 is 0 Å². The lowest BCUT2D eigenvalue weighted by molar-refractivity contribution is 0.0993. The monoisotopic (exact) mass is 239 g/mol. The quantitative estimate of drug-likeness (QED) is 0.762. The molecular formula is C16H17NO. The lowest BCUT2D eigenvalue weighted by Crippen LogP contribution is -2.04. The van der Waals surface area contributed by atoms with E-state index in [0.29, 0.717) is 12.3 Å². The van der Waals surface area contributed by atoms with Crippen LogP contribution in [0.1, 0.15) is 41.3 Å². The summed E-state index contributed by atoms with van der Waals surface area (Å²) in [5.41, 5.74) is 3.07. The number of ketones is 1. The van der Waals surface area contributed by atoms with Gasteiger partial charge in [-0.25, -0.2) is 0 Å². The van der Waals surface area contributed by atoms with Crippen molar-refractivity contribution in [2.75, 3.05) is 0 Å². The second kappa shape index (κ2) is 5.58.